The minimum Gasteiger partial charge on any atom is -0.493 e. The number of aryl methyl sites for hydroxylation is 2. The van der Waals surface area contributed by atoms with E-state index < -0.39 is 5.97 Å². The maximum Gasteiger partial charge on any atom is 0.347 e. The number of fused-ring (bicyclic) bond motifs is 1. The average molecular weight is 533 g/mol. The Morgan fingerprint density at radius 1 is 0.641 bits per heavy atom. The molecule has 3 aromatic carbocycles. The lowest BCUT2D eigenvalue weighted by molar-refractivity contribution is 0.0728. The van der Waals surface area contributed by atoms with Crippen molar-refractivity contribution < 1.29 is 19.0 Å². The highest BCUT2D eigenvalue weighted by Crippen LogP contribution is 2.39. The highest BCUT2D eigenvalue weighted by atomic mass is 16.5. The number of carbonyl (C=O) groups excluding carboxylic acids is 1. The van der Waals surface area contributed by atoms with Crippen molar-refractivity contribution in [2.75, 3.05) is 13.2 Å². The lowest BCUT2D eigenvalue weighted by Crippen LogP contribution is -2.13. The second-order valence-electron chi connectivity index (χ2n) is 10.6. The van der Waals surface area contributed by atoms with Crippen molar-refractivity contribution in [3.05, 3.63) is 65.2 Å². The van der Waals surface area contributed by atoms with Gasteiger partial charge in [-0.3, -0.25) is 0 Å². The maximum absolute atomic E-state index is 13.6. The zero-order chi connectivity index (χ0) is 27.9. The van der Waals surface area contributed by atoms with Gasteiger partial charge in [-0.1, -0.05) is 114 Å². The van der Waals surface area contributed by atoms with Crippen LogP contribution >= 0.6 is 0 Å². The molecule has 39 heavy (non-hydrogen) atoms. The number of hydrogen-bond donors (Lipinski definition) is 0. The molecule has 0 saturated carbocycles. The Bertz CT molecular complexity index is 1170. The van der Waals surface area contributed by atoms with Crippen molar-refractivity contribution in [2.45, 2.75) is 105 Å². The van der Waals surface area contributed by atoms with Gasteiger partial charge in [-0.15, -0.1) is 0 Å². The summed E-state index contributed by atoms with van der Waals surface area (Å²) in [6, 6.07) is 15.6. The maximum atomic E-state index is 13.6. The predicted octanol–water partition coefficient (Wildman–Crippen LogP) is 10.2. The SMILES string of the molecule is CCCCCCCCOc1c(C(=O)Oc2ccccc2C)cc(OCCCCCCCC)c2c(C)cccc12. The molecular formula is C35H48O4. The second kappa shape index (κ2) is 16.8. The molecule has 0 aliphatic heterocycles. The molecule has 4 nitrogen and oxygen atoms in total. The van der Waals surface area contributed by atoms with Gasteiger partial charge < -0.3 is 14.2 Å². The molecule has 0 aliphatic rings. The van der Waals surface area contributed by atoms with E-state index in [1.807, 2.05) is 49.4 Å². The quantitative estimate of drug-likeness (QED) is 0.0928. The third-order valence-corrected chi connectivity index (χ3v) is 7.30. The molecule has 0 heterocycles. The van der Waals surface area contributed by atoms with E-state index in [0.29, 0.717) is 30.3 Å². The molecule has 3 aromatic rings. The highest BCUT2D eigenvalue weighted by Gasteiger charge is 2.23. The van der Waals surface area contributed by atoms with Crippen molar-refractivity contribution in [3.8, 4) is 17.2 Å². The van der Waals surface area contributed by atoms with Crippen LogP contribution in [0.25, 0.3) is 10.8 Å². The van der Waals surface area contributed by atoms with Crippen LogP contribution in [0.2, 0.25) is 0 Å². The normalized spacial score (nSPS) is 11.1. The van der Waals surface area contributed by atoms with E-state index in [4.69, 9.17) is 14.2 Å². The lowest BCUT2D eigenvalue weighted by Gasteiger charge is -2.19. The Labute approximate surface area is 236 Å². The zero-order valence-electron chi connectivity index (χ0n) is 24.7. The van der Waals surface area contributed by atoms with E-state index in [9.17, 15) is 4.79 Å². The van der Waals surface area contributed by atoms with E-state index >= 15 is 0 Å². The van der Waals surface area contributed by atoms with E-state index in [1.165, 1.54) is 51.4 Å². The van der Waals surface area contributed by atoms with E-state index in [0.717, 1.165) is 53.3 Å². The van der Waals surface area contributed by atoms with Crippen LogP contribution in [0.5, 0.6) is 17.2 Å². The molecule has 0 saturated heterocycles. The van der Waals surface area contributed by atoms with Gasteiger partial charge in [0.15, 0.2) is 0 Å². The fraction of sp³-hybridized carbons (Fsp3) is 0.514. The first-order valence-electron chi connectivity index (χ1n) is 15.2. The van der Waals surface area contributed by atoms with Crippen molar-refractivity contribution >= 4 is 16.7 Å². The van der Waals surface area contributed by atoms with Crippen LogP contribution in [0.3, 0.4) is 0 Å². The zero-order valence-corrected chi connectivity index (χ0v) is 24.7. The first-order chi connectivity index (χ1) is 19.1. The number of para-hydroxylation sites is 1. The Morgan fingerprint density at radius 2 is 1.23 bits per heavy atom. The van der Waals surface area contributed by atoms with Crippen LogP contribution in [-0.4, -0.2) is 19.2 Å². The monoisotopic (exact) mass is 532 g/mol. The third kappa shape index (κ3) is 9.30. The first-order valence-corrected chi connectivity index (χ1v) is 15.2. The summed E-state index contributed by atoms with van der Waals surface area (Å²) in [5, 5.41) is 1.91. The van der Waals surface area contributed by atoms with Crippen LogP contribution in [0, 0.1) is 13.8 Å². The molecule has 0 spiro atoms. The van der Waals surface area contributed by atoms with Crippen LogP contribution in [0.15, 0.2) is 48.5 Å². The van der Waals surface area contributed by atoms with Gasteiger partial charge in [0.2, 0.25) is 0 Å². The van der Waals surface area contributed by atoms with E-state index in [-0.39, 0.29) is 0 Å². The Morgan fingerprint density at radius 3 is 1.90 bits per heavy atom. The van der Waals surface area contributed by atoms with Gasteiger partial charge in [0.1, 0.15) is 22.8 Å². The van der Waals surface area contributed by atoms with Crippen LogP contribution in [0.4, 0.5) is 0 Å². The summed E-state index contributed by atoms with van der Waals surface area (Å²) in [4.78, 5) is 13.6. The summed E-state index contributed by atoms with van der Waals surface area (Å²) >= 11 is 0. The molecule has 0 atom stereocenters. The number of ether oxygens (including phenoxy) is 3. The standard InChI is InChI=1S/C35H48O4/c1-5-7-9-11-13-17-24-37-32-26-30(35(36)39-31-23-16-15-20-27(31)3)34(29-22-19-21-28(4)33(29)32)38-25-18-14-12-10-8-6-2/h15-16,19-23,26H,5-14,17-18,24-25H2,1-4H3. The van der Waals surface area contributed by atoms with Gasteiger partial charge in [-0.25, -0.2) is 4.79 Å². The number of carbonyl (C=O) groups is 1. The molecule has 0 bridgehead atoms. The average Bonchev–Trinajstić information content (AvgIpc) is 2.93. The third-order valence-electron chi connectivity index (χ3n) is 7.30. The molecule has 0 aliphatic carbocycles. The molecule has 0 radical (unpaired) electrons. The fourth-order valence-corrected chi connectivity index (χ4v) is 4.97. The number of esters is 1. The Hall–Kier alpha value is -3.01. The number of rotatable bonds is 18. The van der Waals surface area contributed by atoms with Crippen molar-refractivity contribution in [3.63, 3.8) is 0 Å². The van der Waals surface area contributed by atoms with Gasteiger partial charge in [-0.05, 0) is 49.9 Å². The summed E-state index contributed by atoms with van der Waals surface area (Å²) in [5.41, 5.74) is 2.44. The molecule has 4 heteroatoms. The van der Waals surface area contributed by atoms with Crippen molar-refractivity contribution in [1.82, 2.24) is 0 Å². The summed E-state index contributed by atoms with van der Waals surface area (Å²) in [6.45, 7) is 9.69. The predicted molar refractivity (Wildman–Crippen MR) is 163 cm³/mol. The summed E-state index contributed by atoms with van der Waals surface area (Å²) in [5.74, 6) is 1.45. The first kappa shape index (κ1) is 30.5. The van der Waals surface area contributed by atoms with Gasteiger partial charge in [0, 0.05) is 10.8 Å². The summed E-state index contributed by atoms with van der Waals surface area (Å²) < 4.78 is 18.6. The Kier molecular flexibility index (Phi) is 13.2. The smallest absolute Gasteiger partial charge is 0.347 e. The number of unbranched alkanes of at least 4 members (excludes halogenated alkanes) is 10. The minimum atomic E-state index is -0.421. The molecule has 0 aromatic heterocycles. The molecular weight excluding hydrogens is 484 g/mol. The fourth-order valence-electron chi connectivity index (χ4n) is 4.97. The molecule has 3 rings (SSSR count). The Balaban J connectivity index is 1.86. The minimum absolute atomic E-state index is 0.417. The number of hydrogen-bond acceptors (Lipinski definition) is 4. The number of benzene rings is 3. The lowest BCUT2D eigenvalue weighted by atomic mass is 10.00. The van der Waals surface area contributed by atoms with E-state index in [2.05, 4.69) is 26.8 Å². The van der Waals surface area contributed by atoms with E-state index in [1.54, 1.807) is 0 Å². The van der Waals surface area contributed by atoms with Crippen molar-refractivity contribution in [1.29, 1.82) is 0 Å². The van der Waals surface area contributed by atoms with Crippen molar-refractivity contribution in [2.24, 2.45) is 0 Å². The summed E-state index contributed by atoms with van der Waals surface area (Å²) in [7, 11) is 0. The van der Waals surface area contributed by atoms with Gasteiger partial charge in [-0.2, -0.15) is 0 Å². The molecule has 0 amide bonds. The largest absolute Gasteiger partial charge is 0.493 e. The van der Waals surface area contributed by atoms with Gasteiger partial charge >= 0.3 is 5.97 Å². The van der Waals surface area contributed by atoms with Crippen LogP contribution in [-0.2, 0) is 0 Å². The summed E-state index contributed by atoms with van der Waals surface area (Å²) in [6.07, 6.45) is 14.3. The van der Waals surface area contributed by atoms with Gasteiger partial charge in [0.05, 0.1) is 13.2 Å². The van der Waals surface area contributed by atoms with Gasteiger partial charge in [0.25, 0.3) is 0 Å². The second-order valence-corrected chi connectivity index (χ2v) is 10.6. The molecule has 0 unspecified atom stereocenters. The van der Waals surface area contributed by atoms with Crippen LogP contribution in [0.1, 0.15) is 112 Å². The topological polar surface area (TPSA) is 44.8 Å². The molecule has 0 fully saturated rings. The molecule has 0 N–H and O–H groups in total. The van der Waals surface area contributed by atoms with Crippen LogP contribution < -0.4 is 14.2 Å². The highest BCUT2D eigenvalue weighted by molar-refractivity contribution is 6.05. The molecule has 212 valence electrons.